The van der Waals surface area contributed by atoms with Crippen LogP contribution in [-0.2, 0) is 9.53 Å². The molecular weight excluding hydrogens is 144 g/mol. The third-order valence-corrected chi connectivity index (χ3v) is 1.00. The van der Waals surface area contributed by atoms with Crippen LogP contribution in [0, 0.1) is 0 Å². The topological polar surface area (TPSA) is 46.5 Å². The normalized spacial score (nSPS) is 10.5. The molecule has 1 N–H and O–H groups in total. The fourth-order valence-electron chi connectivity index (χ4n) is 0.510. The van der Waals surface area contributed by atoms with Crippen LogP contribution in [0.2, 0.25) is 0 Å². The summed E-state index contributed by atoms with van der Waals surface area (Å²) in [5, 5.41) is 8.83. The molecule has 0 aromatic rings. The minimum atomic E-state index is -0.627. The number of allylic oxidation sites excluding steroid dienone is 2. The molecule has 0 fully saturated rings. The fourth-order valence-corrected chi connectivity index (χ4v) is 0.510. The zero-order chi connectivity index (χ0) is 8.85. The van der Waals surface area contributed by atoms with E-state index in [-0.39, 0.29) is 11.3 Å². The van der Waals surface area contributed by atoms with Gasteiger partial charge in [-0.2, -0.15) is 0 Å². The van der Waals surface area contributed by atoms with Gasteiger partial charge in [0, 0.05) is 0 Å². The largest absolute Gasteiger partial charge is 0.508 e. The van der Waals surface area contributed by atoms with Gasteiger partial charge in [0.2, 0.25) is 0 Å². The maximum Gasteiger partial charge on any atom is 0.341 e. The summed E-state index contributed by atoms with van der Waals surface area (Å²) in [6, 6.07) is 0. The highest BCUT2D eigenvalue weighted by molar-refractivity contribution is 5.92. The summed E-state index contributed by atoms with van der Waals surface area (Å²) in [5.41, 5.74) is 0.0162. The summed E-state index contributed by atoms with van der Waals surface area (Å²) in [6.07, 6.45) is 2.70. The van der Waals surface area contributed by atoms with Crippen LogP contribution in [0.25, 0.3) is 0 Å². The Balaban J connectivity index is 4.61. The van der Waals surface area contributed by atoms with E-state index in [2.05, 4.69) is 17.9 Å². The first-order chi connectivity index (χ1) is 5.13. The van der Waals surface area contributed by atoms with Crippen LogP contribution in [0.4, 0.5) is 0 Å². The van der Waals surface area contributed by atoms with E-state index in [4.69, 9.17) is 5.11 Å². The van der Waals surface area contributed by atoms with Gasteiger partial charge in [-0.15, -0.1) is 0 Å². The second-order valence-corrected chi connectivity index (χ2v) is 1.75. The van der Waals surface area contributed by atoms with E-state index in [0.717, 1.165) is 0 Å². The highest BCUT2D eigenvalue weighted by Gasteiger charge is 2.10. The molecule has 0 aliphatic heterocycles. The molecule has 0 aliphatic rings. The molecule has 0 heterocycles. The summed E-state index contributed by atoms with van der Waals surface area (Å²) in [6.45, 7) is 6.54. The maximum atomic E-state index is 10.8. The van der Waals surface area contributed by atoms with Gasteiger partial charge in [0.05, 0.1) is 7.11 Å². The number of aliphatic hydroxyl groups is 1. The van der Waals surface area contributed by atoms with Crippen LogP contribution in [-0.4, -0.2) is 18.2 Å². The number of rotatable bonds is 3. The van der Waals surface area contributed by atoms with Crippen molar-refractivity contribution in [3.05, 3.63) is 36.6 Å². The van der Waals surface area contributed by atoms with Crippen molar-refractivity contribution in [1.29, 1.82) is 0 Å². The number of carbonyl (C=O) groups excluding carboxylic acids is 1. The van der Waals surface area contributed by atoms with E-state index in [9.17, 15) is 4.79 Å². The zero-order valence-corrected chi connectivity index (χ0v) is 6.33. The first kappa shape index (κ1) is 9.49. The van der Waals surface area contributed by atoms with Gasteiger partial charge in [-0.1, -0.05) is 19.2 Å². The van der Waals surface area contributed by atoms with Crippen LogP contribution in [0.5, 0.6) is 0 Å². The van der Waals surface area contributed by atoms with E-state index in [1.54, 1.807) is 0 Å². The maximum absolute atomic E-state index is 10.8. The molecule has 0 saturated carbocycles. The summed E-state index contributed by atoms with van der Waals surface area (Å²) in [4.78, 5) is 10.8. The average Bonchev–Trinajstić information content (AvgIpc) is 1.98. The Labute approximate surface area is 65.3 Å². The standard InChI is InChI=1S/C8H10O3/c1-4-5-7(6(2)9)8(10)11-3/h4-5,9H,1-2H2,3H3/b7-5+. The van der Waals surface area contributed by atoms with E-state index in [0.29, 0.717) is 0 Å². The summed E-state index contributed by atoms with van der Waals surface area (Å²) >= 11 is 0. The minimum Gasteiger partial charge on any atom is -0.508 e. The molecule has 0 atom stereocenters. The van der Waals surface area contributed by atoms with Gasteiger partial charge < -0.3 is 9.84 Å². The van der Waals surface area contributed by atoms with E-state index in [1.807, 2.05) is 0 Å². The fraction of sp³-hybridized carbons (Fsp3) is 0.125. The second-order valence-electron chi connectivity index (χ2n) is 1.75. The molecule has 11 heavy (non-hydrogen) atoms. The summed E-state index contributed by atoms with van der Waals surface area (Å²) in [7, 11) is 1.22. The average molecular weight is 154 g/mol. The molecule has 0 amide bonds. The number of methoxy groups -OCH3 is 1. The molecule has 0 aromatic heterocycles. The van der Waals surface area contributed by atoms with Crippen molar-refractivity contribution in [3.63, 3.8) is 0 Å². The molecular formula is C8H10O3. The van der Waals surface area contributed by atoms with Crippen molar-refractivity contribution in [2.24, 2.45) is 0 Å². The van der Waals surface area contributed by atoms with Crippen molar-refractivity contribution >= 4 is 5.97 Å². The highest BCUT2D eigenvalue weighted by atomic mass is 16.5. The van der Waals surface area contributed by atoms with Crippen LogP contribution < -0.4 is 0 Å². The molecule has 0 rings (SSSR count). The first-order valence-electron chi connectivity index (χ1n) is 2.92. The quantitative estimate of drug-likeness (QED) is 0.289. The minimum absolute atomic E-state index is 0.0162. The van der Waals surface area contributed by atoms with Gasteiger partial charge in [0.25, 0.3) is 0 Å². The zero-order valence-electron chi connectivity index (χ0n) is 6.33. The Hall–Kier alpha value is -1.51. The Bertz CT molecular complexity index is 213. The van der Waals surface area contributed by atoms with Gasteiger partial charge in [0.1, 0.15) is 11.3 Å². The van der Waals surface area contributed by atoms with Gasteiger partial charge in [-0.05, 0) is 6.08 Å². The molecule has 0 saturated heterocycles. The number of hydrogen-bond acceptors (Lipinski definition) is 3. The van der Waals surface area contributed by atoms with Crippen molar-refractivity contribution in [3.8, 4) is 0 Å². The van der Waals surface area contributed by atoms with Gasteiger partial charge in [-0.3, -0.25) is 0 Å². The van der Waals surface area contributed by atoms with Gasteiger partial charge in [0.15, 0.2) is 0 Å². The lowest BCUT2D eigenvalue weighted by atomic mass is 10.2. The van der Waals surface area contributed by atoms with Crippen LogP contribution in [0.15, 0.2) is 36.6 Å². The summed E-state index contributed by atoms with van der Waals surface area (Å²) < 4.78 is 4.35. The predicted octanol–water partition coefficient (Wildman–Crippen LogP) is 1.34. The van der Waals surface area contributed by atoms with E-state index < -0.39 is 5.97 Å². The van der Waals surface area contributed by atoms with Crippen LogP contribution >= 0.6 is 0 Å². The number of hydrogen-bond donors (Lipinski definition) is 1. The third kappa shape index (κ3) is 2.71. The Morgan fingerprint density at radius 3 is 2.45 bits per heavy atom. The Kier molecular flexibility index (Phi) is 3.73. The van der Waals surface area contributed by atoms with Gasteiger partial charge >= 0.3 is 5.97 Å². The van der Waals surface area contributed by atoms with Crippen molar-refractivity contribution < 1.29 is 14.6 Å². The SMILES string of the molecule is C=C/C=C(\C(=C)O)C(=O)OC. The van der Waals surface area contributed by atoms with Gasteiger partial charge in [-0.25, -0.2) is 4.79 Å². The number of carbonyl (C=O) groups is 1. The lowest BCUT2D eigenvalue weighted by Crippen LogP contribution is -2.05. The van der Waals surface area contributed by atoms with E-state index in [1.165, 1.54) is 19.3 Å². The number of esters is 1. The lowest BCUT2D eigenvalue weighted by molar-refractivity contribution is -0.136. The molecule has 3 heteroatoms. The lowest BCUT2D eigenvalue weighted by Gasteiger charge is -2.00. The Morgan fingerprint density at radius 1 is 1.64 bits per heavy atom. The summed E-state index contributed by atoms with van der Waals surface area (Å²) in [5.74, 6) is -0.950. The smallest absolute Gasteiger partial charge is 0.341 e. The molecule has 0 spiro atoms. The second kappa shape index (κ2) is 4.33. The van der Waals surface area contributed by atoms with Crippen LogP contribution in [0.3, 0.4) is 0 Å². The molecule has 0 radical (unpaired) electrons. The first-order valence-corrected chi connectivity index (χ1v) is 2.92. The molecule has 0 aliphatic carbocycles. The molecule has 3 nitrogen and oxygen atoms in total. The number of aliphatic hydroxyl groups excluding tert-OH is 1. The number of ether oxygens (including phenoxy) is 1. The van der Waals surface area contributed by atoms with Crippen molar-refractivity contribution in [1.82, 2.24) is 0 Å². The van der Waals surface area contributed by atoms with Crippen molar-refractivity contribution in [2.45, 2.75) is 0 Å². The van der Waals surface area contributed by atoms with Crippen LogP contribution in [0.1, 0.15) is 0 Å². The molecule has 0 bridgehead atoms. The molecule has 0 aromatic carbocycles. The predicted molar refractivity (Wildman–Crippen MR) is 42.1 cm³/mol. The van der Waals surface area contributed by atoms with Crippen molar-refractivity contribution in [2.75, 3.05) is 7.11 Å². The monoisotopic (exact) mass is 154 g/mol. The molecule has 0 unspecified atom stereocenters. The van der Waals surface area contributed by atoms with E-state index >= 15 is 0 Å². The Morgan fingerprint density at radius 2 is 2.18 bits per heavy atom. The third-order valence-electron chi connectivity index (χ3n) is 1.00. The highest BCUT2D eigenvalue weighted by Crippen LogP contribution is 2.05. The molecule has 60 valence electrons.